The van der Waals surface area contributed by atoms with Crippen LogP contribution in [0.15, 0.2) is 18.2 Å². The summed E-state index contributed by atoms with van der Waals surface area (Å²) in [5, 5.41) is 12.6. The standard InChI is InChI=1S/C27H36N2O3/c1-17-15-20(8-7-19(17)16-28)32-22-24(3,4)21(25(22,5)6)29-23(31)27-12-9-26(10-13-27,11-14-27)18(2)30/h7-8,15,21-22H,9-14H2,1-6H3,(H,29,31). The molecule has 1 N–H and O–H groups in total. The minimum atomic E-state index is -0.320. The first kappa shape index (κ1) is 22.8. The number of fused-ring (bicyclic) bond motifs is 3. The molecule has 0 heterocycles. The van der Waals surface area contributed by atoms with Crippen molar-refractivity contribution >= 4 is 11.7 Å². The number of carbonyl (C=O) groups excluding carboxylic acids is 2. The lowest BCUT2D eigenvalue weighted by Crippen LogP contribution is -2.75. The van der Waals surface area contributed by atoms with Gasteiger partial charge in [0.05, 0.1) is 11.6 Å². The quantitative estimate of drug-likeness (QED) is 0.697. The molecule has 172 valence electrons. The highest BCUT2D eigenvalue weighted by Crippen LogP contribution is 2.59. The third kappa shape index (κ3) is 3.26. The average molecular weight is 437 g/mol. The Bertz CT molecular complexity index is 960. The second-order valence-corrected chi connectivity index (χ2v) is 11.8. The monoisotopic (exact) mass is 436 g/mol. The predicted molar refractivity (Wildman–Crippen MR) is 123 cm³/mol. The van der Waals surface area contributed by atoms with Crippen LogP contribution in [0.5, 0.6) is 5.75 Å². The van der Waals surface area contributed by atoms with Gasteiger partial charge in [0.2, 0.25) is 5.91 Å². The fraction of sp³-hybridized carbons (Fsp3) is 0.667. The number of amides is 1. The van der Waals surface area contributed by atoms with Crippen molar-refractivity contribution < 1.29 is 14.3 Å². The molecular formula is C27H36N2O3. The Morgan fingerprint density at radius 2 is 1.53 bits per heavy atom. The van der Waals surface area contributed by atoms with Crippen molar-refractivity contribution in [1.82, 2.24) is 5.32 Å². The van der Waals surface area contributed by atoms with Crippen LogP contribution in [0.1, 0.15) is 84.3 Å². The van der Waals surface area contributed by atoms with E-state index in [1.807, 2.05) is 19.1 Å². The largest absolute Gasteiger partial charge is 0.489 e. The Labute approximate surface area is 191 Å². The van der Waals surface area contributed by atoms with Gasteiger partial charge in [-0.25, -0.2) is 0 Å². The highest BCUT2D eigenvalue weighted by molar-refractivity contribution is 5.87. The fourth-order valence-corrected chi connectivity index (χ4v) is 7.11. The molecule has 1 aromatic rings. The highest BCUT2D eigenvalue weighted by Gasteiger charge is 2.65. The van der Waals surface area contributed by atoms with Gasteiger partial charge >= 0.3 is 0 Å². The maximum absolute atomic E-state index is 13.5. The molecule has 4 fully saturated rings. The maximum atomic E-state index is 13.5. The van der Waals surface area contributed by atoms with E-state index in [9.17, 15) is 14.9 Å². The van der Waals surface area contributed by atoms with E-state index >= 15 is 0 Å². The summed E-state index contributed by atoms with van der Waals surface area (Å²) in [6.07, 6.45) is 4.92. The number of ketones is 1. The number of rotatable bonds is 5. The minimum Gasteiger partial charge on any atom is -0.489 e. The van der Waals surface area contributed by atoms with Gasteiger partial charge in [-0.15, -0.1) is 0 Å². The number of nitrogens with one attached hydrogen (secondary N) is 1. The van der Waals surface area contributed by atoms with Crippen LogP contribution in [-0.4, -0.2) is 23.8 Å². The van der Waals surface area contributed by atoms with E-state index in [4.69, 9.17) is 4.74 Å². The van der Waals surface area contributed by atoms with Crippen LogP contribution in [-0.2, 0) is 9.59 Å². The summed E-state index contributed by atoms with van der Waals surface area (Å²) in [5.41, 5.74) is 0.603. The van der Waals surface area contributed by atoms with Gasteiger partial charge in [0.1, 0.15) is 17.6 Å². The van der Waals surface area contributed by atoms with Gasteiger partial charge in [0.15, 0.2) is 0 Å². The van der Waals surface area contributed by atoms with Crippen molar-refractivity contribution in [2.45, 2.75) is 92.2 Å². The number of hydrogen-bond donors (Lipinski definition) is 1. The van der Waals surface area contributed by atoms with Gasteiger partial charge in [-0.1, -0.05) is 27.7 Å². The molecule has 4 aliphatic carbocycles. The number of Topliss-reactive ketones (excluding diaryl/α,β-unsaturated/α-hetero) is 1. The van der Waals surface area contributed by atoms with Gasteiger partial charge in [-0.2, -0.15) is 5.26 Å². The Morgan fingerprint density at radius 1 is 1.00 bits per heavy atom. The van der Waals surface area contributed by atoms with Crippen molar-refractivity contribution in [1.29, 1.82) is 5.26 Å². The first-order chi connectivity index (χ1) is 14.9. The first-order valence-corrected chi connectivity index (χ1v) is 11.9. The molecule has 0 unspecified atom stereocenters. The molecule has 5 heteroatoms. The molecule has 0 saturated heterocycles. The summed E-state index contributed by atoms with van der Waals surface area (Å²) in [6, 6.07) is 7.77. The Hall–Kier alpha value is -2.35. The van der Waals surface area contributed by atoms with Crippen LogP contribution in [0.4, 0.5) is 0 Å². The van der Waals surface area contributed by atoms with E-state index < -0.39 is 0 Å². The van der Waals surface area contributed by atoms with Gasteiger partial charge in [0.25, 0.3) is 0 Å². The van der Waals surface area contributed by atoms with Crippen LogP contribution in [0.3, 0.4) is 0 Å². The van der Waals surface area contributed by atoms with Gasteiger partial charge in [-0.05, 0) is 76.1 Å². The number of ether oxygens (including phenoxy) is 1. The number of benzene rings is 1. The number of carbonyl (C=O) groups is 2. The molecule has 0 aliphatic heterocycles. The molecule has 0 spiro atoms. The lowest BCUT2D eigenvalue weighted by atomic mass is 9.48. The van der Waals surface area contributed by atoms with Crippen molar-refractivity contribution in [2.75, 3.05) is 0 Å². The first-order valence-electron chi connectivity index (χ1n) is 11.9. The molecule has 32 heavy (non-hydrogen) atoms. The zero-order valence-electron chi connectivity index (χ0n) is 20.3. The second-order valence-electron chi connectivity index (χ2n) is 11.8. The number of aryl methyl sites for hydroxylation is 1. The Balaban J connectivity index is 1.46. The summed E-state index contributed by atoms with van der Waals surface area (Å²) in [6.45, 7) is 12.3. The number of hydrogen-bond acceptors (Lipinski definition) is 4. The van der Waals surface area contributed by atoms with E-state index in [-0.39, 0.29) is 39.7 Å². The van der Waals surface area contributed by atoms with Crippen LogP contribution in [0.25, 0.3) is 0 Å². The predicted octanol–water partition coefficient (Wildman–Crippen LogP) is 5.09. The lowest BCUT2D eigenvalue weighted by molar-refractivity contribution is -0.180. The summed E-state index contributed by atoms with van der Waals surface area (Å²) in [5.74, 6) is 1.22. The third-order valence-electron chi connectivity index (χ3n) is 9.16. The molecule has 4 saturated carbocycles. The zero-order chi connectivity index (χ0) is 23.5. The molecule has 0 radical (unpaired) electrons. The van der Waals surface area contributed by atoms with Crippen molar-refractivity contribution in [2.24, 2.45) is 21.7 Å². The van der Waals surface area contributed by atoms with Crippen LogP contribution < -0.4 is 10.1 Å². The van der Waals surface area contributed by atoms with E-state index in [1.54, 1.807) is 13.0 Å². The van der Waals surface area contributed by atoms with Crippen molar-refractivity contribution in [3.63, 3.8) is 0 Å². The zero-order valence-corrected chi connectivity index (χ0v) is 20.3. The molecule has 0 atom stereocenters. The highest BCUT2D eigenvalue weighted by atomic mass is 16.5. The lowest BCUT2D eigenvalue weighted by Gasteiger charge is -2.63. The third-order valence-corrected chi connectivity index (χ3v) is 9.16. The minimum absolute atomic E-state index is 0.00257. The maximum Gasteiger partial charge on any atom is 0.226 e. The van der Waals surface area contributed by atoms with Gasteiger partial charge in [-0.3, -0.25) is 9.59 Å². The van der Waals surface area contributed by atoms with E-state index in [0.29, 0.717) is 11.3 Å². The molecule has 0 aromatic heterocycles. The summed E-state index contributed by atoms with van der Waals surface area (Å²) < 4.78 is 6.42. The number of nitriles is 1. The van der Waals surface area contributed by atoms with Crippen molar-refractivity contribution in [3.05, 3.63) is 29.3 Å². The fourth-order valence-electron chi connectivity index (χ4n) is 7.11. The Morgan fingerprint density at radius 3 is 2.00 bits per heavy atom. The smallest absolute Gasteiger partial charge is 0.226 e. The van der Waals surface area contributed by atoms with Crippen LogP contribution >= 0.6 is 0 Å². The molecule has 5 rings (SSSR count). The summed E-state index contributed by atoms with van der Waals surface area (Å²) >= 11 is 0. The average Bonchev–Trinajstić information content (AvgIpc) is 2.76. The second kappa shape index (κ2) is 7.33. The molecule has 2 bridgehead atoms. The normalized spacial score (nSPS) is 34.2. The molecule has 1 aromatic carbocycles. The van der Waals surface area contributed by atoms with Gasteiger partial charge < -0.3 is 10.1 Å². The topological polar surface area (TPSA) is 79.2 Å². The van der Waals surface area contributed by atoms with E-state index in [0.717, 1.165) is 49.8 Å². The SMILES string of the molecule is CC(=O)C12CCC(C(=O)NC3C(C)(C)C(Oc4ccc(C#N)c(C)c4)C3(C)C)(CC1)CC2. The van der Waals surface area contributed by atoms with Crippen molar-refractivity contribution in [3.8, 4) is 11.8 Å². The number of nitrogens with zero attached hydrogens (tertiary/aromatic N) is 1. The van der Waals surface area contributed by atoms with E-state index in [2.05, 4.69) is 39.1 Å². The van der Waals surface area contributed by atoms with Crippen LogP contribution in [0.2, 0.25) is 0 Å². The van der Waals surface area contributed by atoms with E-state index in [1.165, 1.54) is 0 Å². The molecule has 4 aliphatic rings. The molecular weight excluding hydrogens is 400 g/mol. The Kier molecular flexibility index (Phi) is 5.23. The summed E-state index contributed by atoms with van der Waals surface area (Å²) in [7, 11) is 0. The molecule has 1 amide bonds. The molecule has 5 nitrogen and oxygen atoms in total. The summed E-state index contributed by atoms with van der Waals surface area (Å²) in [4.78, 5) is 25.7. The van der Waals surface area contributed by atoms with Crippen LogP contribution in [0, 0.1) is 39.9 Å². The van der Waals surface area contributed by atoms with Gasteiger partial charge in [0, 0.05) is 27.7 Å².